The van der Waals surface area contributed by atoms with Crippen LogP contribution in [-0.2, 0) is 14.3 Å². The van der Waals surface area contributed by atoms with Gasteiger partial charge in [-0.15, -0.1) is 0 Å². The van der Waals surface area contributed by atoms with Crippen LogP contribution in [0.15, 0.2) is 70.3 Å². The van der Waals surface area contributed by atoms with Crippen molar-refractivity contribution in [3.8, 4) is 0 Å². The maximum atomic E-state index is 12.1. The van der Waals surface area contributed by atoms with E-state index in [1.54, 1.807) is 12.1 Å². The van der Waals surface area contributed by atoms with Crippen LogP contribution >= 0.6 is 0 Å². The zero-order valence-electron chi connectivity index (χ0n) is 16.8. The van der Waals surface area contributed by atoms with E-state index in [2.05, 4.69) is 15.0 Å². The molecule has 0 fully saturated rings. The zero-order valence-corrected chi connectivity index (χ0v) is 16.8. The van der Waals surface area contributed by atoms with Gasteiger partial charge in [0.25, 0.3) is 0 Å². The topological polar surface area (TPSA) is 141 Å². The minimum absolute atomic E-state index is 0.201. The summed E-state index contributed by atoms with van der Waals surface area (Å²) in [4.78, 5) is 25.3. The summed E-state index contributed by atoms with van der Waals surface area (Å²) in [7, 11) is 3.89. The first-order valence-corrected chi connectivity index (χ1v) is 9.23. The van der Waals surface area contributed by atoms with Crippen molar-refractivity contribution in [3.63, 3.8) is 0 Å². The molecule has 0 bridgehead atoms. The fourth-order valence-corrected chi connectivity index (χ4v) is 2.66. The quantitative estimate of drug-likeness (QED) is 0.452. The van der Waals surface area contributed by atoms with E-state index >= 15 is 0 Å². The highest BCUT2D eigenvalue weighted by Gasteiger charge is 2.39. The monoisotopic (exact) mass is 427 g/mol. The van der Waals surface area contributed by atoms with E-state index in [9.17, 15) is 24.9 Å². The molecule has 1 aliphatic heterocycles. The molecular formula is C21H21N3O7. The van der Waals surface area contributed by atoms with Gasteiger partial charge in [0.15, 0.2) is 11.9 Å². The Kier molecular flexibility index (Phi) is 6.51. The third-order valence-electron chi connectivity index (χ3n) is 4.42. The zero-order chi connectivity index (χ0) is 22.5. The summed E-state index contributed by atoms with van der Waals surface area (Å²) < 4.78 is 9.57. The molecule has 10 nitrogen and oxygen atoms in total. The third kappa shape index (κ3) is 5.17. The van der Waals surface area contributed by atoms with Crippen LogP contribution in [0.5, 0.6) is 0 Å². The largest absolute Gasteiger partial charge is 0.505 e. The normalized spacial score (nSPS) is 17.0. The van der Waals surface area contributed by atoms with Gasteiger partial charge in [-0.2, -0.15) is 10.2 Å². The summed E-state index contributed by atoms with van der Waals surface area (Å²) >= 11 is 0. The number of anilines is 1. The van der Waals surface area contributed by atoms with Crippen molar-refractivity contribution in [2.75, 3.05) is 25.6 Å². The van der Waals surface area contributed by atoms with E-state index in [1.165, 1.54) is 12.1 Å². The van der Waals surface area contributed by atoms with Gasteiger partial charge >= 0.3 is 11.9 Å². The molecule has 0 radical (unpaired) electrons. The lowest BCUT2D eigenvalue weighted by Gasteiger charge is -2.17. The van der Waals surface area contributed by atoms with Crippen LogP contribution in [0.3, 0.4) is 0 Å². The highest BCUT2D eigenvalue weighted by atomic mass is 16.6. The lowest BCUT2D eigenvalue weighted by molar-refractivity contribution is -0.147. The molecule has 1 aliphatic rings. The van der Waals surface area contributed by atoms with Gasteiger partial charge in [0.05, 0.1) is 16.9 Å². The van der Waals surface area contributed by atoms with Gasteiger partial charge in [0.1, 0.15) is 12.7 Å². The summed E-state index contributed by atoms with van der Waals surface area (Å²) in [6.45, 7) is -0.557. The number of aliphatic hydroxyl groups excluding tert-OH is 3. The van der Waals surface area contributed by atoms with E-state index in [0.717, 1.165) is 5.69 Å². The molecule has 3 N–H and O–H groups in total. The highest BCUT2D eigenvalue weighted by Crippen LogP contribution is 2.23. The first-order chi connectivity index (χ1) is 14.8. The molecule has 162 valence electrons. The number of benzene rings is 2. The number of azo groups is 1. The van der Waals surface area contributed by atoms with Crippen molar-refractivity contribution < 1.29 is 34.4 Å². The number of hydrogen-bond acceptors (Lipinski definition) is 10. The molecule has 0 amide bonds. The Morgan fingerprint density at radius 1 is 1.06 bits per heavy atom. The Labute approximate surface area is 177 Å². The summed E-state index contributed by atoms with van der Waals surface area (Å²) in [5, 5.41) is 37.0. The first-order valence-electron chi connectivity index (χ1n) is 9.23. The van der Waals surface area contributed by atoms with Gasteiger partial charge in [-0.05, 0) is 48.5 Å². The Morgan fingerprint density at radius 2 is 1.61 bits per heavy atom. The average molecular weight is 427 g/mol. The maximum absolute atomic E-state index is 12.1. The molecule has 3 rings (SSSR count). The molecule has 0 saturated carbocycles. The summed E-state index contributed by atoms with van der Waals surface area (Å²) in [5.74, 6) is -3.68. The van der Waals surface area contributed by atoms with E-state index in [4.69, 9.17) is 4.74 Å². The average Bonchev–Trinajstić information content (AvgIpc) is 3.03. The van der Waals surface area contributed by atoms with Crippen molar-refractivity contribution in [3.05, 3.63) is 65.6 Å². The molecule has 31 heavy (non-hydrogen) atoms. The van der Waals surface area contributed by atoms with Crippen molar-refractivity contribution in [1.82, 2.24) is 0 Å². The van der Waals surface area contributed by atoms with Crippen molar-refractivity contribution in [2.45, 2.75) is 12.2 Å². The number of nitrogens with zero attached hydrogens (tertiary/aromatic N) is 3. The van der Waals surface area contributed by atoms with Gasteiger partial charge in [-0.25, -0.2) is 9.59 Å². The minimum Gasteiger partial charge on any atom is -0.505 e. The number of carbonyl (C=O) groups excluding carboxylic acids is 2. The third-order valence-corrected chi connectivity index (χ3v) is 4.42. The van der Waals surface area contributed by atoms with Crippen LogP contribution < -0.4 is 4.90 Å². The highest BCUT2D eigenvalue weighted by molar-refractivity contribution is 5.90. The predicted molar refractivity (Wildman–Crippen MR) is 110 cm³/mol. The van der Waals surface area contributed by atoms with Crippen molar-refractivity contribution in [2.24, 2.45) is 10.2 Å². The number of carbonyl (C=O) groups is 2. The van der Waals surface area contributed by atoms with Gasteiger partial charge in [-0.3, -0.25) is 0 Å². The Morgan fingerprint density at radius 3 is 2.10 bits per heavy atom. The standard InChI is InChI=1S/C21H21N3O7/c1-24(2)15-9-7-14(8-10-15)23-22-13-5-3-12(4-6-13)20(28)30-11-16(25)19-17(26)18(27)21(29)31-19/h3-10,16,19,25-27H,11H2,1-2H3/b23-22+/t16-,19-/m1/s1. The molecule has 1 heterocycles. The van der Waals surface area contributed by atoms with Gasteiger partial charge in [-0.1, -0.05) is 0 Å². The number of hydrogen-bond donors (Lipinski definition) is 3. The molecule has 2 aromatic rings. The second-order valence-electron chi connectivity index (χ2n) is 6.88. The SMILES string of the molecule is CN(C)c1ccc(/N=N/c2ccc(C(=O)OC[C@@H](O)[C@H]3OC(=O)C(O)=C3O)cc2)cc1. The lowest BCUT2D eigenvalue weighted by atomic mass is 10.2. The van der Waals surface area contributed by atoms with Gasteiger partial charge in [0.2, 0.25) is 5.76 Å². The maximum Gasteiger partial charge on any atom is 0.377 e. The molecule has 2 atom stereocenters. The Balaban J connectivity index is 1.54. The predicted octanol–water partition coefficient (Wildman–Crippen LogP) is 2.94. The lowest BCUT2D eigenvalue weighted by Crippen LogP contribution is -2.33. The van der Waals surface area contributed by atoms with Crippen LogP contribution in [0.1, 0.15) is 10.4 Å². The smallest absolute Gasteiger partial charge is 0.377 e. The molecule has 10 heteroatoms. The second kappa shape index (κ2) is 9.26. The fourth-order valence-electron chi connectivity index (χ4n) is 2.66. The molecular weight excluding hydrogens is 406 g/mol. The van der Waals surface area contributed by atoms with Crippen LogP contribution in [-0.4, -0.2) is 60.2 Å². The summed E-state index contributed by atoms with van der Waals surface area (Å²) in [6.07, 6.45) is -3.03. The molecule has 0 unspecified atom stereocenters. The molecule has 0 saturated heterocycles. The number of ether oxygens (including phenoxy) is 2. The van der Waals surface area contributed by atoms with Gasteiger partial charge < -0.3 is 29.7 Å². The molecule has 0 spiro atoms. The molecule has 2 aromatic carbocycles. The van der Waals surface area contributed by atoms with E-state index in [1.807, 2.05) is 43.3 Å². The first kappa shape index (κ1) is 21.8. The number of aliphatic hydroxyl groups is 3. The van der Waals surface area contributed by atoms with Crippen LogP contribution in [0.25, 0.3) is 0 Å². The van der Waals surface area contributed by atoms with Crippen LogP contribution in [0.2, 0.25) is 0 Å². The Hall–Kier alpha value is -3.92. The number of esters is 2. The molecule has 0 aliphatic carbocycles. The summed E-state index contributed by atoms with van der Waals surface area (Å²) in [6, 6.07) is 13.6. The van der Waals surface area contributed by atoms with E-state index in [0.29, 0.717) is 11.4 Å². The van der Waals surface area contributed by atoms with Crippen LogP contribution in [0.4, 0.5) is 17.1 Å². The van der Waals surface area contributed by atoms with Gasteiger partial charge in [0, 0.05) is 19.8 Å². The van der Waals surface area contributed by atoms with Crippen LogP contribution in [0, 0.1) is 0 Å². The second-order valence-corrected chi connectivity index (χ2v) is 6.88. The fraction of sp³-hybridized carbons (Fsp3) is 0.238. The Bertz CT molecular complexity index is 1010. The summed E-state index contributed by atoms with van der Waals surface area (Å²) in [5.41, 5.74) is 2.45. The minimum atomic E-state index is -1.54. The van der Waals surface area contributed by atoms with Crippen molar-refractivity contribution >= 4 is 29.0 Å². The number of cyclic esters (lactones) is 1. The van der Waals surface area contributed by atoms with E-state index in [-0.39, 0.29) is 5.56 Å². The molecule has 0 aromatic heterocycles. The van der Waals surface area contributed by atoms with Crippen molar-refractivity contribution in [1.29, 1.82) is 0 Å². The number of rotatable bonds is 7. The van der Waals surface area contributed by atoms with E-state index < -0.39 is 42.3 Å².